The second kappa shape index (κ2) is 9.37. The summed E-state index contributed by atoms with van der Waals surface area (Å²) in [6.45, 7) is 6.02. The Balaban J connectivity index is 1.23. The van der Waals surface area contributed by atoms with E-state index < -0.39 is 0 Å². The number of benzene rings is 2. The molecule has 2 aliphatic heterocycles. The number of ether oxygens (including phenoxy) is 1. The van der Waals surface area contributed by atoms with E-state index in [1.54, 1.807) is 0 Å². The van der Waals surface area contributed by atoms with Gasteiger partial charge in [0.25, 0.3) is 5.91 Å². The lowest BCUT2D eigenvalue weighted by Gasteiger charge is -2.36. The minimum atomic E-state index is -0.198. The number of hydrogen-bond acceptors (Lipinski definition) is 4. The number of hydrogen-bond donors (Lipinski definition) is 1. The van der Waals surface area contributed by atoms with Gasteiger partial charge in [0, 0.05) is 57.1 Å². The lowest BCUT2D eigenvalue weighted by atomic mass is 10.1. The summed E-state index contributed by atoms with van der Waals surface area (Å²) in [7, 11) is 0. The number of anilines is 1. The fraction of sp³-hybridized carbons (Fsp3) is 0.435. The van der Waals surface area contributed by atoms with Gasteiger partial charge in [0.1, 0.15) is 5.82 Å². The molecule has 2 heterocycles. The van der Waals surface area contributed by atoms with Crippen molar-refractivity contribution < 1.29 is 13.9 Å². The Hall–Kier alpha value is -2.44. The average molecular weight is 397 g/mol. The number of rotatable bonds is 6. The molecule has 1 N–H and O–H groups in total. The summed E-state index contributed by atoms with van der Waals surface area (Å²) in [6.07, 6.45) is 2.26. The molecule has 0 radical (unpaired) electrons. The van der Waals surface area contributed by atoms with Crippen LogP contribution < -0.4 is 10.2 Å². The molecule has 1 amide bonds. The smallest absolute Gasteiger partial charge is 0.251 e. The predicted molar refractivity (Wildman–Crippen MR) is 112 cm³/mol. The number of nitrogens with zero attached hydrogens (tertiary/aromatic N) is 2. The Morgan fingerprint density at radius 1 is 1.03 bits per heavy atom. The molecule has 5 nitrogen and oxygen atoms in total. The average Bonchev–Trinajstić information content (AvgIpc) is 3.27. The summed E-state index contributed by atoms with van der Waals surface area (Å²) in [5.41, 5.74) is 2.97. The number of halogens is 1. The highest BCUT2D eigenvalue weighted by Gasteiger charge is 2.18. The van der Waals surface area contributed by atoms with Crippen molar-refractivity contribution in [1.82, 2.24) is 10.2 Å². The van der Waals surface area contributed by atoms with Gasteiger partial charge in [-0.05, 0) is 54.8 Å². The lowest BCUT2D eigenvalue weighted by Crippen LogP contribution is -2.45. The zero-order chi connectivity index (χ0) is 20.1. The Morgan fingerprint density at radius 3 is 2.41 bits per heavy atom. The third-order valence-electron chi connectivity index (χ3n) is 5.70. The van der Waals surface area contributed by atoms with Gasteiger partial charge in [-0.3, -0.25) is 9.69 Å². The molecule has 0 aliphatic carbocycles. The molecule has 2 saturated heterocycles. The predicted octanol–water partition coefficient (Wildman–Crippen LogP) is 3.06. The van der Waals surface area contributed by atoms with Crippen molar-refractivity contribution >= 4 is 11.6 Å². The Kier molecular flexibility index (Phi) is 6.42. The van der Waals surface area contributed by atoms with Crippen LogP contribution in [0.1, 0.15) is 28.8 Å². The van der Waals surface area contributed by atoms with E-state index >= 15 is 0 Å². The van der Waals surface area contributed by atoms with Gasteiger partial charge < -0.3 is 15.0 Å². The second-order valence-electron chi connectivity index (χ2n) is 7.78. The fourth-order valence-electron chi connectivity index (χ4n) is 3.95. The quantitative estimate of drug-likeness (QED) is 0.814. The minimum Gasteiger partial charge on any atom is -0.376 e. The molecular formula is C23H28FN3O2. The van der Waals surface area contributed by atoms with E-state index in [0.717, 1.165) is 57.9 Å². The third-order valence-corrected chi connectivity index (χ3v) is 5.70. The van der Waals surface area contributed by atoms with Gasteiger partial charge >= 0.3 is 0 Å². The van der Waals surface area contributed by atoms with E-state index in [0.29, 0.717) is 12.1 Å². The van der Waals surface area contributed by atoms with Crippen molar-refractivity contribution in [3.05, 3.63) is 65.5 Å². The maximum absolute atomic E-state index is 13.1. The Morgan fingerprint density at radius 2 is 1.76 bits per heavy atom. The van der Waals surface area contributed by atoms with Crippen molar-refractivity contribution in [2.24, 2.45) is 0 Å². The van der Waals surface area contributed by atoms with Gasteiger partial charge in [0.15, 0.2) is 0 Å². The molecule has 4 rings (SSSR count). The van der Waals surface area contributed by atoms with Crippen LogP contribution in [0.4, 0.5) is 10.1 Å². The molecule has 0 bridgehead atoms. The second-order valence-corrected chi connectivity index (χ2v) is 7.78. The highest BCUT2D eigenvalue weighted by molar-refractivity contribution is 5.94. The van der Waals surface area contributed by atoms with Crippen molar-refractivity contribution in [1.29, 1.82) is 0 Å². The van der Waals surface area contributed by atoms with E-state index in [9.17, 15) is 9.18 Å². The topological polar surface area (TPSA) is 44.8 Å². The van der Waals surface area contributed by atoms with Crippen LogP contribution in [0, 0.1) is 5.82 Å². The lowest BCUT2D eigenvalue weighted by molar-refractivity contribution is 0.0858. The number of carbonyl (C=O) groups is 1. The first-order chi connectivity index (χ1) is 14.2. The molecule has 1 unspecified atom stereocenters. The molecule has 29 heavy (non-hydrogen) atoms. The molecule has 154 valence electrons. The van der Waals surface area contributed by atoms with Crippen LogP contribution in [0.2, 0.25) is 0 Å². The Labute approximate surface area is 171 Å². The SMILES string of the molecule is O=C(NCC1CCCO1)c1ccc(CN2CCN(c3ccc(F)cc3)CC2)cc1. The van der Waals surface area contributed by atoms with E-state index in [4.69, 9.17) is 4.74 Å². The number of nitrogens with one attached hydrogen (secondary N) is 1. The normalized spacial score (nSPS) is 20.0. The largest absolute Gasteiger partial charge is 0.376 e. The van der Waals surface area contributed by atoms with E-state index in [2.05, 4.69) is 15.1 Å². The van der Waals surface area contributed by atoms with Crippen LogP contribution in [-0.2, 0) is 11.3 Å². The molecule has 2 aliphatic rings. The summed E-state index contributed by atoms with van der Waals surface area (Å²) in [6, 6.07) is 14.6. The molecule has 2 aromatic carbocycles. The molecule has 0 aromatic heterocycles. The molecule has 6 heteroatoms. The zero-order valence-corrected chi connectivity index (χ0v) is 16.6. The first-order valence-electron chi connectivity index (χ1n) is 10.4. The standard InChI is InChI=1S/C23H28FN3O2/c24-20-7-9-21(10-8-20)27-13-11-26(12-14-27)17-18-3-5-19(6-4-18)23(28)25-16-22-2-1-15-29-22/h3-10,22H,1-2,11-17H2,(H,25,28). The number of amides is 1. The van der Waals surface area contributed by atoms with E-state index in [1.807, 2.05) is 36.4 Å². The third kappa shape index (κ3) is 5.34. The van der Waals surface area contributed by atoms with Crippen molar-refractivity contribution in [2.75, 3.05) is 44.2 Å². The van der Waals surface area contributed by atoms with Gasteiger partial charge in [-0.15, -0.1) is 0 Å². The first kappa shape index (κ1) is 19.9. The van der Waals surface area contributed by atoms with Crippen molar-refractivity contribution in [3.63, 3.8) is 0 Å². The monoisotopic (exact) mass is 397 g/mol. The van der Waals surface area contributed by atoms with Crippen molar-refractivity contribution in [3.8, 4) is 0 Å². The van der Waals surface area contributed by atoms with Crippen molar-refractivity contribution in [2.45, 2.75) is 25.5 Å². The van der Waals surface area contributed by atoms with Crippen LogP contribution in [-0.4, -0.2) is 56.2 Å². The molecule has 1 atom stereocenters. The molecule has 0 saturated carbocycles. The van der Waals surface area contributed by atoms with Crippen LogP contribution in [0.5, 0.6) is 0 Å². The summed E-state index contributed by atoms with van der Waals surface area (Å²) in [5.74, 6) is -0.239. The maximum atomic E-state index is 13.1. The summed E-state index contributed by atoms with van der Waals surface area (Å²) in [4.78, 5) is 17.0. The highest BCUT2D eigenvalue weighted by Crippen LogP contribution is 2.18. The van der Waals surface area contributed by atoms with Gasteiger partial charge in [-0.1, -0.05) is 12.1 Å². The molecule has 2 fully saturated rings. The van der Waals surface area contributed by atoms with Gasteiger partial charge in [0.2, 0.25) is 0 Å². The molecular weight excluding hydrogens is 369 g/mol. The number of piperazine rings is 1. The summed E-state index contributed by atoms with van der Waals surface area (Å²) >= 11 is 0. The van der Waals surface area contributed by atoms with E-state index in [-0.39, 0.29) is 17.8 Å². The van der Waals surface area contributed by atoms with Gasteiger partial charge in [0.05, 0.1) is 6.10 Å². The molecule has 2 aromatic rings. The van der Waals surface area contributed by atoms with Crippen LogP contribution in [0.25, 0.3) is 0 Å². The van der Waals surface area contributed by atoms with Gasteiger partial charge in [-0.25, -0.2) is 4.39 Å². The first-order valence-corrected chi connectivity index (χ1v) is 10.4. The van der Waals surface area contributed by atoms with Crippen LogP contribution >= 0.6 is 0 Å². The van der Waals surface area contributed by atoms with Crippen LogP contribution in [0.15, 0.2) is 48.5 Å². The minimum absolute atomic E-state index is 0.0417. The zero-order valence-electron chi connectivity index (χ0n) is 16.6. The summed E-state index contributed by atoms with van der Waals surface area (Å²) < 4.78 is 18.6. The summed E-state index contributed by atoms with van der Waals surface area (Å²) in [5, 5.41) is 2.96. The fourth-order valence-corrected chi connectivity index (χ4v) is 3.95. The molecule has 0 spiro atoms. The van der Waals surface area contributed by atoms with E-state index in [1.165, 1.54) is 17.7 Å². The maximum Gasteiger partial charge on any atom is 0.251 e. The Bertz CT molecular complexity index is 796. The van der Waals surface area contributed by atoms with Gasteiger partial charge in [-0.2, -0.15) is 0 Å². The number of carbonyl (C=O) groups excluding carboxylic acids is 1. The highest BCUT2D eigenvalue weighted by atomic mass is 19.1. The van der Waals surface area contributed by atoms with Crippen LogP contribution in [0.3, 0.4) is 0 Å².